The summed E-state index contributed by atoms with van der Waals surface area (Å²) in [4.78, 5) is 29.8. The van der Waals surface area contributed by atoms with Gasteiger partial charge in [0, 0.05) is 42.8 Å². The minimum Gasteiger partial charge on any atom is -0.457 e. The largest absolute Gasteiger partial charge is 0.457 e. The quantitative estimate of drug-likeness (QED) is 0.360. The van der Waals surface area contributed by atoms with Gasteiger partial charge in [-0.25, -0.2) is 8.78 Å². The molecule has 36 heavy (non-hydrogen) atoms. The number of ether oxygens (including phenoxy) is 1. The van der Waals surface area contributed by atoms with Crippen molar-refractivity contribution in [2.75, 3.05) is 10.6 Å². The molecule has 0 saturated heterocycles. The Morgan fingerprint density at radius 1 is 0.972 bits per heavy atom. The highest BCUT2D eigenvalue weighted by Gasteiger charge is 2.56. The van der Waals surface area contributed by atoms with Gasteiger partial charge in [-0.2, -0.15) is 5.10 Å². The van der Waals surface area contributed by atoms with Gasteiger partial charge < -0.3 is 15.4 Å². The summed E-state index contributed by atoms with van der Waals surface area (Å²) in [5, 5.41) is 9.24. The molecular weight excluding hydrogens is 468 g/mol. The fourth-order valence-corrected chi connectivity index (χ4v) is 3.69. The zero-order valence-electron chi connectivity index (χ0n) is 19.2. The van der Waals surface area contributed by atoms with Crippen LogP contribution < -0.4 is 15.4 Å². The van der Waals surface area contributed by atoms with Gasteiger partial charge in [0.2, 0.25) is 11.8 Å². The minimum absolute atomic E-state index is 0.0704. The number of pyridine rings is 1. The van der Waals surface area contributed by atoms with E-state index in [0.29, 0.717) is 30.0 Å². The highest BCUT2D eigenvalue weighted by molar-refractivity contribution is 6.16. The lowest BCUT2D eigenvalue weighted by Crippen LogP contribution is -2.35. The molecule has 0 aliphatic heterocycles. The van der Waals surface area contributed by atoms with E-state index in [-0.39, 0.29) is 11.4 Å². The van der Waals surface area contributed by atoms with Crippen LogP contribution in [-0.4, -0.2) is 26.6 Å². The molecule has 1 aliphatic carbocycles. The Balaban J connectivity index is 1.25. The van der Waals surface area contributed by atoms with E-state index < -0.39 is 28.9 Å². The first kappa shape index (κ1) is 23.2. The molecule has 0 atom stereocenters. The van der Waals surface area contributed by atoms with Gasteiger partial charge in [0.25, 0.3) is 0 Å². The highest BCUT2D eigenvalue weighted by Crippen LogP contribution is 2.47. The van der Waals surface area contributed by atoms with E-state index in [2.05, 4.69) is 20.7 Å². The summed E-state index contributed by atoms with van der Waals surface area (Å²) in [6, 6.07) is 12.6. The van der Waals surface area contributed by atoms with E-state index in [1.165, 1.54) is 36.4 Å². The summed E-state index contributed by atoms with van der Waals surface area (Å²) in [5.74, 6) is -1.60. The van der Waals surface area contributed by atoms with Crippen molar-refractivity contribution in [1.29, 1.82) is 0 Å². The molecule has 0 bridgehead atoms. The molecule has 2 heterocycles. The summed E-state index contributed by atoms with van der Waals surface area (Å²) in [7, 11) is 1.80. The van der Waals surface area contributed by atoms with Crippen LogP contribution in [0.25, 0.3) is 11.3 Å². The van der Waals surface area contributed by atoms with Crippen LogP contribution in [0.3, 0.4) is 0 Å². The first-order valence-electron chi connectivity index (χ1n) is 11.1. The maximum Gasteiger partial charge on any atom is 0.240 e. The lowest BCUT2D eigenvalue weighted by Gasteiger charge is -2.16. The van der Waals surface area contributed by atoms with Gasteiger partial charge in [-0.1, -0.05) is 0 Å². The molecule has 1 saturated carbocycles. The molecule has 2 aromatic heterocycles. The molecule has 0 unspecified atom stereocenters. The summed E-state index contributed by atoms with van der Waals surface area (Å²) in [6.07, 6.45) is 5.73. The van der Waals surface area contributed by atoms with Gasteiger partial charge in [-0.3, -0.25) is 19.3 Å². The number of benzene rings is 2. The van der Waals surface area contributed by atoms with Gasteiger partial charge in [0.05, 0.1) is 17.6 Å². The number of rotatable bonds is 7. The van der Waals surface area contributed by atoms with Gasteiger partial charge in [-0.15, -0.1) is 0 Å². The van der Waals surface area contributed by atoms with E-state index in [1.807, 2.05) is 6.20 Å². The van der Waals surface area contributed by atoms with Crippen LogP contribution in [0.4, 0.5) is 20.2 Å². The Hall–Kier alpha value is -4.60. The zero-order valence-corrected chi connectivity index (χ0v) is 19.2. The van der Waals surface area contributed by atoms with Crippen molar-refractivity contribution in [3.05, 3.63) is 84.8 Å². The Labute approximate surface area is 204 Å². The molecule has 1 fully saturated rings. The lowest BCUT2D eigenvalue weighted by atomic mass is 10.0. The summed E-state index contributed by atoms with van der Waals surface area (Å²) < 4.78 is 35.3. The van der Waals surface area contributed by atoms with Crippen LogP contribution in [0.15, 0.2) is 73.2 Å². The number of aryl methyl sites for hydroxylation is 1. The molecule has 4 aromatic rings. The Kier molecular flexibility index (Phi) is 5.93. The van der Waals surface area contributed by atoms with Crippen molar-refractivity contribution in [3.8, 4) is 22.8 Å². The first-order chi connectivity index (χ1) is 17.3. The molecule has 8 nitrogen and oxygen atoms in total. The second kappa shape index (κ2) is 9.21. The molecule has 2 amide bonds. The topological polar surface area (TPSA) is 98.1 Å². The maximum atomic E-state index is 14.8. The van der Waals surface area contributed by atoms with E-state index >= 15 is 0 Å². The standard InChI is InChI=1S/C26H21F2N5O3/c1-33-15-16(14-30-33)23-13-20(8-11-29-23)36-19-6-7-22(21(28)12-19)32-25(35)26(9-10-26)24(34)31-18-4-2-17(27)3-5-18/h2-8,11-15H,9-10H2,1H3,(H,31,34)(H,32,35). The fourth-order valence-electron chi connectivity index (χ4n) is 3.69. The number of anilines is 2. The Morgan fingerprint density at radius 2 is 1.69 bits per heavy atom. The third-order valence-corrected chi connectivity index (χ3v) is 5.88. The molecule has 182 valence electrons. The third kappa shape index (κ3) is 4.78. The van der Waals surface area contributed by atoms with Crippen molar-refractivity contribution < 1.29 is 23.1 Å². The monoisotopic (exact) mass is 489 g/mol. The second-order valence-electron chi connectivity index (χ2n) is 8.52. The van der Waals surface area contributed by atoms with Gasteiger partial charge >= 0.3 is 0 Å². The molecule has 5 rings (SSSR count). The van der Waals surface area contributed by atoms with E-state index in [0.717, 1.165) is 11.6 Å². The lowest BCUT2D eigenvalue weighted by molar-refractivity contribution is -0.131. The van der Waals surface area contributed by atoms with E-state index in [4.69, 9.17) is 4.74 Å². The molecule has 0 spiro atoms. The molecule has 0 radical (unpaired) electrons. The number of amides is 2. The number of hydrogen-bond acceptors (Lipinski definition) is 5. The minimum atomic E-state index is -1.30. The number of carbonyl (C=O) groups is 2. The van der Waals surface area contributed by atoms with E-state index in [9.17, 15) is 18.4 Å². The van der Waals surface area contributed by atoms with Crippen molar-refractivity contribution in [1.82, 2.24) is 14.8 Å². The van der Waals surface area contributed by atoms with E-state index in [1.54, 1.807) is 36.3 Å². The highest BCUT2D eigenvalue weighted by atomic mass is 19.1. The predicted octanol–water partition coefficient (Wildman–Crippen LogP) is 4.91. The van der Waals surface area contributed by atoms with Gasteiger partial charge in [0.1, 0.15) is 28.5 Å². The molecular formula is C26H21F2N5O3. The van der Waals surface area contributed by atoms with Crippen LogP contribution >= 0.6 is 0 Å². The van der Waals surface area contributed by atoms with Crippen LogP contribution in [0.2, 0.25) is 0 Å². The maximum absolute atomic E-state index is 14.8. The van der Waals surface area contributed by atoms with Gasteiger partial charge in [-0.05, 0) is 55.3 Å². The average Bonchev–Trinajstić information content (AvgIpc) is 3.57. The Bertz CT molecular complexity index is 1450. The SMILES string of the molecule is Cn1cc(-c2cc(Oc3ccc(NC(=O)C4(C(=O)Nc5ccc(F)cc5)CC4)c(F)c3)ccn2)cn1. The number of nitrogens with zero attached hydrogens (tertiary/aromatic N) is 3. The van der Waals surface area contributed by atoms with Crippen LogP contribution in [0, 0.1) is 17.0 Å². The Morgan fingerprint density at radius 3 is 2.36 bits per heavy atom. The van der Waals surface area contributed by atoms with Crippen LogP contribution in [-0.2, 0) is 16.6 Å². The van der Waals surface area contributed by atoms with Crippen LogP contribution in [0.5, 0.6) is 11.5 Å². The third-order valence-electron chi connectivity index (χ3n) is 5.88. The fraction of sp³-hybridized carbons (Fsp3) is 0.154. The number of hydrogen-bond donors (Lipinski definition) is 2. The normalized spacial score (nSPS) is 13.6. The second-order valence-corrected chi connectivity index (χ2v) is 8.52. The predicted molar refractivity (Wildman–Crippen MR) is 128 cm³/mol. The summed E-state index contributed by atoms with van der Waals surface area (Å²) in [6.45, 7) is 0. The number of aromatic nitrogens is 3. The van der Waals surface area contributed by atoms with Crippen molar-refractivity contribution in [2.45, 2.75) is 12.8 Å². The summed E-state index contributed by atoms with van der Waals surface area (Å²) in [5.41, 5.74) is 0.466. The zero-order chi connectivity index (χ0) is 25.3. The van der Waals surface area contributed by atoms with Crippen LogP contribution in [0.1, 0.15) is 12.8 Å². The summed E-state index contributed by atoms with van der Waals surface area (Å²) >= 11 is 0. The molecule has 1 aliphatic rings. The molecule has 2 aromatic carbocycles. The molecule has 2 N–H and O–H groups in total. The number of halogens is 2. The van der Waals surface area contributed by atoms with Crippen molar-refractivity contribution in [3.63, 3.8) is 0 Å². The number of nitrogens with one attached hydrogen (secondary N) is 2. The molecule has 10 heteroatoms. The van der Waals surface area contributed by atoms with Crippen molar-refractivity contribution in [2.24, 2.45) is 12.5 Å². The average molecular weight is 489 g/mol. The number of carbonyl (C=O) groups excluding carboxylic acids is 2. The first-order valence-corrected chi connectivity index (χ1v) is 11.1. The van der Waals surface area contributed by atoms with Gasteiger partial charge in [0.15, 0.2) is 0 Å². The smallest absolute Gasteiger partial charge is 0.240 e. The van der Waals surface area contributed by atoms with Crippen molar-refractivity contribution >= 4 is 23.2 Å².